The zero-order chi connectivity index (χ0) is 10.7. The van der Waals surface area contributed by atoms with Crippen molar-refractivity contribution in [2.24, 2.45) is 0 Å². The molecule has 0 bridgehead atoms. The number of aryl methyl sites for hydroxylation is 1. The van der Waals surface area contributed by atoms with E-state index in [0.29, 0.717) is 13.2 Å². The second-order valence-electron chi connectivity index (χ2n) is 4.08. The van der Waals surface area contributed by atoms with Crippen molar-refractivity contribution in [3.63, 3.8) is 0 Å². The second-order valence-corrected chi connectivity index (χ2v) is 4.08. The minimum Gasteiger partial charge on any atom is -0.389 e. The summed E-state index contributed by atoms with van der Waals surface area (Å²) in [5.41, 5.74) is 2.50. The number of rotatable bonds is 3. The summed E-state index contributed by atoms with van der Waals surface area (Å²) in [7, 11) is 0. The number of aliphatic hydroxyl groups excluding tert-OH is 1. The first-order valence-corrected chi connectivity index (χ1v) is 5.30. The van der Waals surface area contributed by atoms with E-state index >= 15 is 0 Å². The normalized spacial score (nSPS) is 25.7. The quantitative estimate of drug-likeness (QED) is 0.772. The van der Waals surface area contributed by atoms with Gasteiger partial charge in [-0.2, -0.15) is 0 Å². The van der Waals surface area contributed by atoms with Crippen molar-refractivity contribution in [1.82, 2.24) is 5.32 Å². The van der Waals surface area contributed by atoms with E-state index in [4.69, 9.17) is 4.74 Å². The molecule has 0 aromatic heterocycles. The van der Waals surface area contributed by atoms with Gasteiger partial charge in [-0.15, -0.1) is 0 Å². The summed E-state index contributed by atoms with van der Waals surface area (Å²) in [5.74, 6) is 0. The van der Waals surface area contributed by atoms with Crippen LogP contribution in [0.4, 0.5) is 0 Å². The van der Waals surface area contributed by atoms with E-state index < -0.39 is 0 Å². The molecular weight excluding hydrogens is 190 g/mol. The Balaban J connectivity index is 1.85. The fourth-order valence-electron chi connectivity index (χ4n) is 1.69. The van der Waals surface area contributed by atoms with Gasteiger partial charge in [0.2, 0.25) is 0 Å². The fraction of sp³-hybridized carbons (Fsp3) is 0.500. The molecule has 0 aliphatic carbocycles. The lowest BCUT2D eigenvalue weighted by Crippen LogP contribution is -2.38. The number of hydrogen-bond acceptors (Lipinski definition) is 3. The molecule has 0 radical (unpaired) electrons. The highest BCUT2D eigenvalue weighted by Gasteiger charge is 2.25. The van der Waals surface area contributed by atoms with Crippen LogP contribution in [0.1, 0.15) is 11.1 Å². The molecule has 82 valence electrons. The molecule has 1 aliphatic heterocycles. The van der Waals surface area contributed by atoms with E-state index in [1.165, 1.54) is 11.1 Å². The Bertz CT molecular complexity index is 310. The number of aliphatic hydroxyl groups is 1. The average molecular weight is 207 g/mol. The summed E-state index contributed by atoms with van der Waals surface area (Å²) in [6.45, 7) is 3.91. The van der Waals surface area contributed by atoms with Gasteiger partial charge in [0.25, 0.3) is 0 Å². The van der Waals surface area contributed by atoms with Gasteiger partial charge < -0.3 is 15.2 Å². The van der Waals surface area contributed by atoms with Crippen molar-refractivity contribution in [1.29, 1.82) is 0 Å². The van der Waals surface area contributed by atoms with E-state index in [1.54, 1.807) is 0 Å². The highest BCUT2D eigenvalue weighted by Crippen LogP contribution is 2.07. The van der Waals surface area contributed by atoms with Crippen LogP contribution in [0.25, 0.3) is 0 Å². The first-order chi connectivity index (χ1) is 7.25. The summed E-state index contributed by atoms with van der Waals surface area (Å²) >= 11 is 0. The lowest BCUT2D eigenvalue weighted by molar-refractivity contribution is 0.122. The maximum Gasteiger partial charge on any atom is 0.0948 e. The van der Waals surface area contributed by atoms with Crippen LogP contribution >= 0.6 is 0 Å². The predicted octanol–water partition coefficient (Wildman–Crippen LogP) is 0.844. The summed E-state index contributed by atoms with van der Waals surface area (Å²) in [6.07, 6.45) is -0.365. The molecule has 1 fully saturated rings. The zero-order valence-corrected chi connectivity index (χ0v) is 8.94. The van der Waals surface area contributed by atoms with Gasteiger partial charge in [0.15, 0.2) is 0 Å². The van der Waals surface area contributed by atoms with Crippen LogP contribution in [0, 0.1) is 6.92 Å². The third-order valence-corrected chi connectivity index (χ3v) is 2.74. The lowest BCUT2D eigenvalue weighted by atomic mass is 10.1. The average Bonchev–Trinajstić information content (AvgIpc) is 2.63. The van der Waals surface area contributed by atoms with Crippen molar-refractivity contribution >= 4 is 0 Å². The van der Waals surface area contributed by atoms with E-state index in [2.05, 4.69) is 36.5 Å². The molecule has 1 aromatic carbocycles. The highest BCUT2D eigenvalue weighted by molar-refractivity contribution is 5.21. The molecule has 1 aromatic rings. The van der Waals surface area contributed by atoms with Crippen LogP contribution in [0.15, 0.2) is 24.3 Å². The van der Waals surface area contributed by atoms with Gasteiger partial charge in [0.05, 0.1) is 25.4 Å². The van der Waals surface area contributed by atoms with Gasteiger partial charge in [0.1, 0.15) is 0 Å². The maximum absolute atomic E-state index is 9.52. The van der Waals surface area contributed by atoms with Gasteiger partial charge in [-0.1, -0.05) is 29.8 Å². The Kier molecular flexibility index (Phi) is 3.36. The van der Waals surface area contributed by atoms with Gasteiger partial charge in [-0.25, -0.2) is 0 Å². The maximum atomic E-state index is 9.52. The van der Waals surface area contributed by atoms with Crippen LogP contribution < -0.4 is 5.32 Å². The molecule has 0 amide bonds. The summed E-state index contributed by atoms with van der Waals surface area (Å²) in [6, 6.07) is 8.47. The summed E-state index contributed by atoms with van der Waals surface area (Å²) in [4.78, 5) is 0. The Morgan fingerprint density at radius 1 is 1.33 bits per heavy atom. The number of benzene rings is 1. The molecule has 2 rings (SSSR count). The molecule has 0 unspecified atom stereocenters. The summed E-state index contributed by atoms with van der Waals surface area (Å²) in [5, 5.41) is 12.8. The van der Waals surface area contributed by atoms with Crippen LogP contribution in [-0.4, -0.2) is 30.5 Å². The smallest absolute Gasteiger partial charge is 0.0948 e. The van der Waals surface area contributed by atoms with E-state index in [-0.39, 0.29) is 12.1 Å². The minimum atomic E-state index is -0.365. The molecule has 1 heterocycles. The topological polar surface area (TPSA) is 41.5 Å². The van der Waals surface area contributed by atoms with Crippen LogP contribution in [-0.2, 0) is 11.3 Å². The van der Waals surface area contributed by atoms with Gasteiger partial charge >= 0.3 is 0 Å². The van der Waals surface area contributed by atoms with Crippen molar-refractivity contribution in [2.45, 2.75) is 25.6 Å². The molecule has 3 nitrogen and oxygen atoms in total. The summed E-state index contributed by atoms with van der Waals surface area (Å²) < 4.78 is 5.16. The first-order valence-electron chi connectivity index (χ1n) is 5.30. The van der Waals surface area contributed by atoms with E-state index in [1.807, 2.05) is 0 Å². The van der Waals surface area contributed by atoms with Gasteiger partial charge in [0, 0.05) is 6.54 Å². The molecular formula is C12H17NO2. The van der Waals surface area contributed by atoms with Crippen molar-refractivity contribution in [2.75, 3.05) is 13.2 Å². The second kappa shape index (κ2) is 4.75. The highest BCUT2D eigenvalue weighted by atomic mass is 16.5. The largest absolute Gasteiger partial charge is 0.389 e. The monoisotopic (exact) mass is 207 g/mol. The third kappa shape index (κ3) is 2.78. The fourth-order valence-corrected chi connectivity index (χ4v) is 1.69. The van der Waals surface area contributed by atoms with Gasteiger partial charge in [-0.05, 0) is 12.5 Å². The number of nitrogens with one attached hydrogen (secondary N) is 1. The molecule has 0 saturated carbocycles. The molecule has 2 N–H and O–H groups in total. The molecule has 0 spiro atoms. The third-order valence-electron chi connectivity index (χ3n) is 2.74. The Hall–Kier alpha value is -0.900. The molecule has 2 atom stereocenters. The SMILES string of the molecule is Cc1ccc(CN[C@@H]2COC[C@H]2O)cc1. The van der Waals surface area contributed by atoms with Crippen molar-refractivity contribution in [3.8, 4) is 0 Å². The zero-order valence-electron chi connectivity index (χ0n) is 8.94. The molecule has 1 saturated heterocycles. The Labute approximate surface area is 90.1 Å². The number of hydrogen-bond donors (Lipinski definition) is 2. The van der Waals surface area contributed by atoms with Crippen molar-refractivity contribution in [3.05, 3.63) is 35.4 Å². The molecule has 15 heavy (non-hydrogen) atoms. The van der Waals surface area contributed by atoms with Crippen LogP contribution in [0.5, 0.6) is 0 Å². The van der Waals surface area contributed by atoms with Gasteiger partial charge in [-0.3, -0.25) is 0 Å². The standard InChI is InChI=1S/C12H17NO2/c1-9-2-4-10(5-3-9)6-13-11-7-15-8-12(11)14/h2-5,11-14H,6-8H2,1H3/t11-,12-/m1/s1. The van der Waals surface area contributed by atoms with E-state index in [0.717, 1.165) is 6.54 Å². The number of ether oxygens (including phenoxy) is 1. The lowest BCUT2D eigenvalue weighted by Gasteiger charge is -2.14. The first kappa shape index (κ1) is 10.6. The van der Waals surface area contributed by atoms with Crippen LogP contribution in [0.2, 0.25) is 0 Å². The Morgan fingerprint density at radius 3 is 2.67 bits per heavy atom. The minimum absolute atomic E-state index is 0.0753. The molecule has 3 heteroatoms. The van der Waals surface area contributed by atoms with Crippen LogP contribution in [0.3, 0.4) is 0 Å². The Morgan fingerprint density at radius 2 is 2.07 bits per heavy atom. The van der Waals surface area contributed by atoms with E-state index in [9.17, 15) is 5.11 Å². The predicted molar refractivity (Wildman–Crippen MR) is 58.6 cm³/mol. The van der Waals surface area contributed by atoms with Crippen molar-refractivity contribution < 1.29 is 9.84 Å². The molecule has 1 aliphatic rings.